The predicted octanol–water partition coefficient (Wildman–Crippen LogP) is -0.650. The fraction of sp³-hybridized carbons (Fsp3) is 0.667. The fourth-order valence-electron chi connectivity index (χ4n) is 2.22. The van der Waals surface area contributed by atoms with Crippen LogP contribution in [0.25, 0.3) is 0 Å². The molecule has 14 heavy (non-hydrogen) atoms. The van der Waals surface area contributed by atoms with Crippen LogP contribution >= 0.6 is 0 Å². The van der Waals surface area contributed by atoms with Crippen LogP contribution in [0.15, 0.2) is 0 Å². The molecule has 1 saturated heterocycles. The second kappa shape index (κ2) is 3.16. The number of carbonyl (C=O) groups is 3. The topological polar surface area (TPSA) is 83.5 Å². The van der Waals surface area contributed by atoms with Crippen molar-refractivity contribution < 1.29 is 19.5 Å². The van der Waals surface area contributed by atoms with E-state index in [-0.39, 0.29) is 36.4 Å². The second-order valence-electron chi connectivity index (χ2n) is 3.91. The van der Waals surface area contributed by atoms with Gasteiger partial charge in [0.2, 0.25) is 0 Å². The zero-order valence-corrected chi connectivity index (χ0v) is 7.53. The van der Waals surface area contributed by atoms with Gasteiger partial charge < -0.3 is 10.4 Å². The summed E-state index contributed by atoms with van der Waals surface area (Å²) in [5, 5.41) is 11.6. The third-order valence-corrected chi connectivity index (χ3v) is 2.98. The molecule has 0 spiro atoms. The molecule has 0 bridgehead atoms. The third-order valence-electron chi connectivity index (χ3n) is 2.98. The van der Waals surface area contributed by atoms with E-state index in [1.54, 1.807) is 0 Å². The highest BCUT2D eigenvalue weighted by Gasteiger charge is 2.43. The Hall–Kier alpha value is -1.23. The van der Waals surface area contributed by atoms with Gasteiger partial charge in [-0.05, 0) is 12.3 Å². The number of carbonyl (C=O) groups excluding carboxylic acids is 2. The molecule has 0 aromatic heterocycles. The lowest BCUT2D eigenvalue weighted by molar-refractivity contribution is -0.139. The molecule has 1 saturated carbocycles. The number of fused-ring (bicyclic) bond motifs is 1. The molecule has 2 fully saturated rings. The summed E-state index contributed by atoms with van der Waals surface area (Å²) in [6, 6.07) is -0.704. The highest BCUT2D eigenvalue weighted by Crippen LogP contribution is 2.30. The summed E-state index contributed by atoms with van der Waals surface area (Å²) < 4.78 is 0. The normalized spacial score (nSPS) is 37.0. The number of carboxylic acid groups (broad SMARTS) is 1. The summed E-state index contributed by atoms with van der Waals surface area (Å²) in [6.45, 7) is 0. The highest BCUT2D eigenvalue weighted by atomic mass is 16.4. The van der Waals surface area contributed by atoms with Gasteiger partial charge in [0.05, 0.1) is 0 Å². The van der Waals surface area contributed by atoms with Crippen molar-refractivity contribution in [3.8, 4) is 0 Å². The first kappa shape index (κ1) is 9.33. The molecule has 3 unspecified atom stereocenters. The first-order valence-corrected chi connectivity index (χ1v) is 4.63. The molecular weight excluding hydrogens is 186 g/mol. The van der Waals surface area contributed by atoms with Crippen LogP contribution in [-0.2, 0) is 14.4 Å². The smallest absolute Gasteiger partial charge is 0.320 e. The Morgan fingerprint density at radius 3 is 2.57 bits per heavy atom. The van der Waals surface area contributed by atoms with Crippen LogP contribution in [0.2, 0.25) is 0 Å². The SMILES string of the molecule is O=C1CC2CC(C(=O)O)NC2CC1=O. The van der Waals surface area contributed by atoms with Gasteiger partial charge in [0.15, 0.2) is 11.6 Å². The molecule has 1 aliphatic heterocycles. The molecule has 0 aromatic rings. The van der Waals surface area contributed by atoms with Crippen molar-refractivity contribution in [2.24, 2.45) is 5.92 Å². The van der Waals surface area contributed by atoms with Gasteiger partial charge >= 0.3 is 5.97 Å². The van der Waals surface area contributed by atoms with Crippen LogP contribution in [0.5, 0.6) is 0 Å². The number of hydrogen-bond donors (Lipinski definition) is 2. The summed E-state index contributed by atoms with van der Waals surface area (Å²) in [7, 11) is 0. The number of hydrogen-bond acceptors (Lipinski definition) is 4. The molecule has 5 nitrogen and oxygen atoms in total. The van der Waals surface area contributed by atoms with Crippen molar-refractivity contribution in [1.82, 2.24) is 5.32 Å². The van der Waals surface area contributed by atoms with E-state index in [4.69, 9.17) is 5.11 Å². The van der Waals surface area contributed by atoms with Gasteiger partial charge in [0, 0.05) is 18.9 Å². The molecule has 1 heterocycles. The van der Waals surface area contributed by atoms with Crippen LogP contribution in [0.4, 0.5) is 0 Å². The molecule has 3 atom stereocenters. The van der Waals surface area contributed by atoms with Crippen molar-refractivity contribution >= 4 is 17.5 Å². The van der Waals surface area contributed by atoms with Crippen molar-refractivity contribution in [2.75, 3.05) is 0 Å². The van der Waals surface area contributed by atoms with E-state index in [2.05, 4.69) is 5.32 Å². The molecule has 0 aromatic carbocycles. The molecule has 2 aliphatic rings. The minimum atomic E-state index is -0.903. The predicted molar refractivity (Wildman–Crippen MR) is 45.7 cm³/mol. The van der Waals surface area contributed by atoms with Gasteiger partial charge in [-0.3, -0.25) is 14.4 Å². The quantitative estimate of drug-likeness (QED) is 0.546. The monoisotopic (exact) mass is 197 g/mol. The standard InChI is InChI=1S/C9H11NO4/c11-7-2-4-1-6(9(13)14)10-5(4)3-8(7)12/h4-6,10H,1-3H2,(H,13,14). The van der Waals surface area contributed by atoms with Crippen molar-refractivity contribution in [2.45, 2.75) is 31.3 Å². The zero-order valence-electron chi connectivity index (χ0n) is 7.53. The van der Waals surface area contributed by atoms with Crippen LogP contribution in [0.1, 0.15) is 19.3 Å². The lowest BCUT2D eigenvalue weighted by atomic mass is 9.83. The maximum atomic E-state index is 11.1. The van der Waals surface area contributed by atoms with E-state index in [0.29, 0.717) is 6.42 Å². The summed E-state index contributed by atoms with van der Waals surface area (Å²) in [6.07, 6.45) is 0.826. The Balaban J connectivity index is 2.08. The Morgan fingerprint density at radius 2 is 1.93 bits per heavy atom. The molecule has 76 valence electrons. The Bertz CT molecular complexity index is 288. The van der Waals surface area contributed by atoms with Gasteiger partial charge in [-0.1, -0.05) is 0 Å². The molecule has 1 aliphatic carbocycles. The zero-order chi connectivity index (χ0) is 10.3. The fourth-order valence-corrected chi connectivity index (χ4v) is 2.22. The summed E-state index contributed by atoms with van der Waals surface area (Å²) in [5.74, 6) is -1.59. The average Bonchev–Trinajstić information content (AvgIpc) is 2.48. The van der Waals surface area contributed by atoms with Crippen molar-refractivity contribution in [1.29, 1.82) is 0 Å². The van der Waals surface area contributed by atoms with E-state index in [1.807, 2.05) is 0 Å². The molecule has 5 heteroatoms. The van der Waals surface area contributed by atoms with Crippen molar-refractivity contribution in [3.05, 3.63) is 0 Å². The molecule has 2 rings (SSSR count). The highest BCUT2D eigenvalue weighted by molar-refractivity contribution is 6.38. The van der Waals surface area contributed by atoms with Crippen LogP contribution in [0.3, 0.4) is 0 Å². The Labute approximate surface area is 80.5 Å². The largest absolute Gasteiger partial charge is 0.480 e. The van der Waals surface area contributed by atoms with Gasteiger partial charge in [-0.25, -0.2) is 0 Å². The summed E-state index contributed by atoms with van der Waals surface area (Å²) >= 11 is 0. The molecule has 0 radical (unpaired) electrons. The Morgan fingerprint density at radius 1 is 1.29 bits per heavy atom. The van der Waals surface area contributed by atoms with E-state index >= 15 is 0 Å². The lowest BCUT2D eigenvalue weighted by Crippen LogP contribution is -2.41. The van der Waals surface area contributed by atoms with Gasteiger partial charge in [-0.2, -0.15) is 0 Å². The molecular formula is C9H11NO4. The van der Waals surface area contributed by atoms with Crippen LogP contribution < -0.4 is 5.32 Å². The van der Waals surface area contributed by atoms with Gasteiger partial charge in [-0.15, -0.1) is 0 Å². The number of aliphatic carboxylic acids is 1. The lowest BCUT2D eigenvalue weighted by Gasteiger charge is -2.22. The number of carboxylic acids is 1. The number of ketones is 2. The van der Waals surface area contributed by atoms with Crippen molar-refractivity contribution in [3.63, 3.8) is 0 Å². The first-order chi connectivity index (χ1) is 6.58. The summed E-state index contributed by atoms with van der Waals surface area (Å²) in [4.78, 5) is 32.8. The maximum absolute atomic E-state index is 11.1. The van der Waals surface area contributed by atoms with Crippen LogP contribution in [-0.4, -0.2) is 34.7 Å². The third kappa shape index (κ3) is 1.43. The number of Topliss-reactive ketones (excluding diaryl/α,β-unsaturated/α-hetero) is 2. The van der Waals surface area contributed by atoms with Crippen LogP contribution in [0, 0.1) is 5.92 Å². The van der Waals surface area contributed by atoms with E-state index in [0.717, 1.165) is 0 Å². The molecule has 0 amide bonds. The van der Waals surface area contributed by atoms with Gasteiger partial charge in [0.25, 0.3) is 0 Å². The Kier molecular flexibility index (Phi) is 2.11. The van der Waals surface area contributed by atoms with E-state index < -0.39 is 12.0 Å². The minimum Gasteiger partial charge on any atom is -0.480 e. The van der Waals surface area contributed by atoms with E-state index in [9.17, 15) is 14.4 Å². The second-order valence-corrected chi connectivity index (χ2v) is 3.91. The summed E-state index contributed by atoms with van der Waals surface area (Å²) in [5.41, 5.74) is 0. The van der Waals surface area contributed by atoms with Gasteiger partial charge in [0.1, 0.15) is 6.04 Å². The minimum absolute atomic E-state index is 0.0290. The number of rotatable bonds is 1. The first-order valence-electron chi connectivity index (χ1n) is 4.63. The van der Waals surface area contributed by atoms with E-state index in [1.165, 1.54) is 0 Å². The maximum Gasteiger partial charge on any atom is 0.320 e. The number of nitrogens with one attached hydrogen (secondary N) is 1. The average molecular weight is 197 g/mol. The molecule has 2 N–H and O–H groups in total.